The number of piperazine rings is 1. The molecule has 0 spiro atoms. The molecule has 2 aliphatic rings. The molecular weight excluding hydrogens is 501 g/mol. The zero-order valence-corrected chi connectivity index (χ0v) is 22.4. The van der Waals surface area contributed by atoms with Gasteiger partial charge in [0.05, 0.1) is 11.6 Å². The standard InChI is InChI=1S/C23H30ClN5OS.2ClH/c1-15(2)25-12-19(17-4-6-18(24)7-5-17)23(30)29-10-8-28(9-11-29)22-21-16(3)31-13-20(21)26-14-27-22;;/h4-7,14-16,19,25H,8-13H2,1-3H3;2*1H. The number of aromatic nitrogens is 2. The van der Waals surface area contributed by atoms with Crippen molar-refractivity contribution in [3.63, 3.8) is 0 Å². The maximum atomic E-state index is 13.5. The highest BCUT2D eigenvalue weighted by Gasteiger charge is 2.32. The summed E-state index contributed by atoms with van der Waals surface area (Å²) in [5.41, 5.74) is 3.43. The van der Waals surface area contributed by atoms with Gasteiger partial charge in [-0.15, -0.1) is 36.6 Å². The average Bonchev–Trinajstić information content (AvgIpc) is 3.16. The monoisotopic (exact) mass is 531 g/mol. The van der Waals surface area contributed by atoms with Crippen LogP contribution in [0.15, 0.2) is 30.6 Å². The third kappa shape index (κ3) is 6.45. The van der Waals surface area contributed by atoms with E-state index in [0.717, 1.165) is 35.9 Å². The molecule has 1 N–H and O–H groups in total. The molecule has 2 aromatic rings. The Balaban J connectivity index is 0.00000193. The summed E-state index contributed by atoms with van der Waals surface area (Å²) in [6.45, 7) is 10.0. The van der Waals surface area contributed by atoms with E-state index in [9.17, 15) is 4.79 Å². The first-order valence-electron chi connectivity index (χ1n) is 10.9. The molecular formula is C23H32Cl3N5OS. The number of carbonyl (C=O) groups is 1. The fourth-order valence-corrected chi connectivity index (χ4v) is 5.42. The summed E-state index contributed by atoms with van der Waals surface area (Å²) in [5, 5.41) is 4.54. The molecule has 0 aliphatic carbocycles. The van der Waals surface area contributed by atoms with Gasteiger partial charge in [0.1, 0.15) is 12.1 Å². The van der Waals surface area contributed by atoms with Crippen molar-refractivity contribution in [2.45, 2.75) is 43.7 Å². The van der Waals surface area contributed by atoms with Gasteiger partial charge >= 0.3 is 0 Å². The molecule has 2 aliphatic heterocycles. The first kappa shape index (κ1) is 28.0. The minimum absolute atomic E-state index is 0. The van der Waals surface area contributed by atoms with Gasteiger partial charge in [0.25, 0.3) is 0 Å². The summed E-state index contributed by atoms with van der Waals surface area (Å²) in [7, 11) is 0. The number of thioether (sulfide) groups is 1. The summed E-state index contributed by atoms with van der Waals surface area (Å²) in [6, 6.07) is 7.97. The maximum Gasteiger partial charge on any atom is 0.231 e. The first-order valence-corrected chi connectivity index (χ1v) is 12.3. The lowest BCUT2D eigenvalue weighted by Crippen LogP contribution is -2.51. The van der Waals surface area contributed by atoms with Crippen molar-refractivity contribution >= 4 is 59.9 Å². The second-order valence-electron chi connectivity index (χ2n) is 8.49. The quantitative estimate of drug-likeness (QED) is 0.581. The second-order valence-corrected chi connectivity index (χ2v) is 10.3. The Labute approximate surface area is 218 Å². The predicted molar refractivity (Wildman–Crippen MR) is 142 cm³/mol. The van der Waals surface area contributed by atoms with Crippen LogP contribution in [-0.2, 0) is 10.5 Å². The van der Waals surface area contributed by atoms with E-state index in [-0.39, 0.29) is 36.6 Å². The Kier molecular flexibility index (Phi) is 10.6. The lowest BCUT2D eigenvalue weighted by molar-refractivity contribution is -0.133. The van der Waals surface area contributed by atoms with Gasteiger partial charge in [-0.05, 0) is 24.6 Å². The maximum absolute atomic E-state index is 13.5. The van der Waals surface area contributed by atoms with Crippen molar-refractivity contribution in [2.75, 3.05) is 37.6 Å². The molecule has 2 unspecified atom stereocenters. The van der Waals surface area contributed by atoms with E-state index >= 15 is 0 Å². The number of nitrogens with one attached hydrogen (secondary N) is 1. The average molecular weight is 533 g/mol. The van der Waals surface area contributed by atoms with Crippen LogP contribution in [0.2, 0.25) is 5.02 Å². The molecule has 0 bridgehead atoms. The minimum atomic E-state index is -0.217. The van der Waals surface area contributed by atoms with Crippen molar-refractivity contribution < 1.29 is 4.79 Å². The van der Waals surface area contributed by atoms with Crippen LogP contribution in [0.5, 0.6) is 0 Å². The number of anilines is 1. The number of hydrogen-bond donors (Lipinski definition) is 1. The molecule has 1 amide bonds. The van der Waals surface area contributed by atoms with Crippen LogP contribution in [-0.4, -0.2) is 59.5 Å². The van der Waals surface area contributed by atoms with E-state index in [0.29, 0.717) is 35.9 Å². The normalized spacial score (nSPS) is 18.4. The molecule has 3 heterocycles. The Morgan fingerprint density at radius 2 is 1.82 bits per heavy atom. The lowest BCUT2D eigenvalue weighted by Gasteiger charge is -2.38. The summed E-state index contributed by atoms with van der Waals surface area (Å²) in [5.74, 6) is 1.96. The highest BCUT2D eigenvalue weighted by Crippen LogP contribution is 2.44. The number of fused-ring (bicyclic) bond motifs is 1. The van der Waals surface area contributed by atoms with Crippen molar-refractivity contribution in [2.24, 2.45) is 0 Å². The second kappa shape index (κ2) is 12.5. The predicted octanol–water partition coefficient (Wildman–Crippen LogP) is 4.71. The molecule has 1 fully saturated rings. The molecule has 33 heavy (non-hydrogen) atoms. The molecule has 182 valence electrons. The number of carbonyl (C=O) groups excluding carboxylic acids is 1. The zero-order valence-electron chi connectivity index (χ0n) is 19.2. The number of nitrogens with zero attached hydrogens (tertiary/aromatic N) is 4. The number of benzene rings is 1. The molecule has 0 saturated carbocycles. The van der Waals surface area contributed by atoms with E-state index in [1.807, 2.05) is 40.9 Å². The van der Waals surface area contributed by atoms with Crippen LogP contribution in [0.1, 0.15) is 48.8 Å². The van der Waals surface area contributed by atoms with Gasteiger partial charge in [0.15, 0.2) is 0 Å². The summed E-state index contributed by atoms with van der Waals surface area (Å²) < 4.78 is 0. The van der Waals surface area contributed by atoms with Crippen LogP contribution in [0, 0.1) is 0 Å². The van der Waals surface area contributed by atoms with Gasteiger partial charge in [-0.2, -0.15) is 0 Å². The van der Waals surface area contributed by atoms with Gasteiger partial charge in [-0.1, -0.05) is 37.6 Å². The van der Waals surface area contributed by atoms with Crippen LogP contribution in [0.3, 0.4) is 0 Å². The molecule has 2 atom stereocenters. The number of rotatable bonds is 6. The molecule has 10 heteroatoms. The zero-order chi connectivity index (χ0) is 22.0. The smallest absolute Gasteiger partial charge is 0.231 e. The Bertz CT molecular complexity index is 923. The van der Waals surface area contributed by atoms with E-state index in [1.54, 1.807) is 6.33 Å². The summed E-state index contributed by atoms with van der Waals surface area (Å²) >= 11 is 7.98. The van der Waals surface area contributed by atoms with Crippen molar-refractivity contribution in [1.82, 2.24) is 20.2 Å². The fraction of sp³-hybridized carbons (Fsp3) is 0.522. The third-order valence-corrected chi connectivity index (χ3v) is 7.44. The number of hydrogen-bond acceptors (Lipinski definition) is 6. The molecule has 0 radical (unpaired) electrons. The summed E-state index contributed by atoms with van der Waals surface area (Å²) in [6.07, 6.45) is 1.68. The third-order valence-electron chi connectivity index (χ3n) is 6.01. The van der Waals surface area contributed by atoms with E-state index in [4.69, 9.17) is 11.6 Å². The van der Waals surface area contributed by atoms with Crippen LogP contribution < -0.4 is 10.2 Å². The highest BCUT2D eigenvalue weighted by molar-refractivity contribution is 7.99. The van der Waals surface area contributed by atoms with Gasteiger partial charge in [-0.25, -0.2) is 9.97 Å². The Hall–Kier alpha value is -1.25. The molecule has 6 nitrogen and oxygen atoms in total. The number of halogens is 3. The summed E-state index contributed by atoms with van der Waals surface area (Å²) in [4.78, 5) is 26.9. The van der Waals surface area contributed by atoms with Gasteiger partial charge in [0, 0.05) is 60.4 Å². The molecule has 1 saturated heterocycles. The fourth-order valence-electron chi connectivity index (χ4n) is 4.25. The van der Waals surface area contributed by atoms with Crippen LogP contribution in [0.25, 0.3) is 0 Å². The van der Waals surface area contributed by atoms with Crippen LogP contribution in [0.4, 0.5) is 5.82 Å². The number of amides is 1. The minimum Gasteiger partial charge on any atom is -0.353 e. The molecule has 1 aromatic heterocycles. The van der Waals surface area contributed by atoms with Gasteiger partial charge in [-0.3, -0.25) is 4.79 Å². The topological polar surface area (TPSA) is 61.4 Å². The largest absolute Gasteiger partial charge is 0.353 e. The van der Waals surface area contributed by atoms with Crippen molar-refractivity contribution in [1.29, 1.82) is 0 Å². The SMILES string of the molecule is CC(C)NCC(C(=O)N1CCN(c2ncnc3c2C(C)SC3)CC1)c1ccc(Cl)cc1.Cl.Cl. The van der Waals surface area contributed by atoms with E-state index < -0.39 is 0 Å². The molecule has 1 aromatic carbocycles. The highest BCUT2D eigenvalue weighted by atomic mass is 35.5. The molecule has 4 rings (SSSR count). The van der Waals surface area contributed by atoms with Crippen molar-refractivity contribution in [3.05, 3.63) is 52.4 Å². The lowest BCUT2D eigenvalue weighted by atomic mass is 9.96. The Morgan fingerprint density at radius 1 is 1.15 bits per heavy atom. The Morgan fingerprint density at radius 3 is 2.45 bits per heavy atom. The van der Waals surface area contributed by atoms with Crippen molar-refractivity contribution in [3.8, 4) is 0 Å². The van der Waals surface area contributed by atoms with Crippen LogP contribution >= 0.6 is 48.2 Å². The van der Waals surface area contributed by atoms with Gasteiger partial charge in [0.2, 0.25) is 5.91 Å². The van der Waals surface area contributed by atoms with E-state index in [2.05, 4.69) is 41.0 Å². The van der Waals surface area contributed by atoms with E-state index in [1.165, 1.54) is 5.56 Å². The van der Waals surface area contributed by atoms with Gasteiger partial charge < -0.3 is 15.1 Å². The first-order chi connectivity index (χ1) is 14.9.